The molecule has 0 spiro atoms. The van der Waals surface area contributed by atoms with Gasteiger partial charge < -0.3 is 10.2 Å². The molecule has 0 aliphatic rings. The summed E-state index contributed by atoms with van der Waals surface area (Å²) in [7, 11) is 3.69. The van der Waals surface area contributed by atoms with E-state index >= 15 is 0 Å². The van der Waals surface area contributed by atoms with Gasteiger partial charge in [0.25, 0.3) is 5.91 Å². The second-order valence-electron chi connectivity index (χ2n) is 5.49. The van der Waals surface area contributed by atoms with E-state index in [0.717, 1.165) is 33.6 Å². The van der Waals surface area contributed by atoms with Crippen LogP contribution in [0.1, 0.15) is 27.0 Å². The lowest BCUT2D eigenvalue weighted by atomic mass is 10.1. The van der Waals surface area contributed by atoms with Crippen LogP contribution >= 0.6 is 0 Å². The zero-order valence-corrected chi connectivity index (χ0v) is 13.3. The smallest absolute Gasteiger partial charge is 0.258 e. The highest BCUT2D eigenvalue weighted by molar-refractivity contribution is 6.07. The number of aryl methyl sites for hydroxylation is 3. The highest BCUT2D eigenvalue weighted by Crippen LogP contribution is 2.22. The van der Waals surface area contributed by atoms with E-state index in [2.05, 4.69) is 11.4 Å². The minimum atomic E-state index is 0.0140. The Morgan fingerprint density at radius 2 is 1.62 bits per heavy atom. The maximum absolute atomic E-state index is 12.7. The SMILES string of the molecule is CNc1ccc(C(=O)N(C)c2cc(C)cc(C)c2)c(C)c1. The van der Waals surface area contributed by atoms with Gasteiger partial charge in [0, 0.05) is 31.0 Å². The first-order valence-electron chi connectivity index (χ1n) is 7.07. The molecular formula is C18H22N2O. The molecule has 0 aliphatic carbocycles. The molecule has 21 heavy (non-hydrogen) atoms. The van der Waals surface area contributed by atoms with E-state index in [1.807, 2.05) is 65.2 Å². The quantitative estimate of drug-likeness (QED) is 0.925. The maximum atomic E-state index is 12.7. The Morgan fingerprint density at radius 1 is 1.00 bits per heavy atom. The van der Waals surface area contributed by atoms with Gasteiger partial charge in [0.1, 0.15) is 0 Å². The van der Waals surface area contributed by atoms with Gasteiger partial charge in [-0.05, 0) is 67.8 Å². The number of benzene rings is 2. The first-order chi connectivity index (χ1) is 9.92. The molecule has 0 aliphatic heterocycles. The summed E-state index contributed by atoms with van der Waals surface area (Å²) in [6.45, 7) is 6.05. The van der Waals surface area contributed by atoms with Gasteiger partial charge in [0.2, 0.25) is 0 Å². The predicted octanol–water partition coefficient (Wildman–Crippen LogP) is 3.93. The van der Waals surface area contributed by atoms with E-state index in [0.29, 0.717) is 0 Å². The lowest BCUT2D eigenvalue weighted by molar-refractivity contribution is 0.0992. The van der Waals surface area contributed by atoms with E-state index in [9.17, 15) is 4.79 Å². The summed E-state index contributed by atoms with van der Waals surface area (Å²) in [6.07, 6.45) is 0. The highest BCUT2D eigenvalue weighted by Gasteiger charge is 2.16. The van der Waals surface area contributed by atoms with Crippen molar-refractivity contribution in [1.82, 2.24) is 0 Å². The number of carbonyl (C=O) groups is 1. The summed E-state index contributed by atoms with van der Waals surface area (Å²) < 4.78 is 0. The average molecular weight is 282 g/mol. The van der Waals surface area contributed by atoms with Gasteiger partial charge in [0.05, 0.1) is 0 Å². The van der Waals surface area contributed by atoms with E-state index in [1.54, 1.807) is 4.90 Å². The summed E-state index contributed by atoms with van der Waals surface area (Å²) in [6, 6.07) is 12.0. The Balaban J connectivity index is 2.34. The number of amides is 1. The standard InChI is InChI=1S/C18H22N2O/c1-12-8-13(2)10-16(9-12)20(5)18(21)17-7-6-15(19-4)11-14(17)3/h6-11,19H,1-5H3. The van der Waals surface area contributed by atoms with E-state index < -0.39 is 0 Å². The molecule has 2 aromatic rings. The Bertz CT molecular complexity index is 657. The predicted molar refractivity (Wildman–Crippen MR) is 89.4 cm³/mol. The molecule has 0 fully saturated rings. The number of nitrogens with one attached hydrogen (secondary N) is 1. The van der Waals surface area contributed by atoms with Gasteiger partial charge in [0.15, 0.2) is 0 Å². The summed E-state index contributed by atoms with van der Waals surface area (Å²) in [5.41, 5.74) is 5.96. The molecule has 2 aromatic carbocycles. The second-order valence-corrected chi connectivity index (χ2v) is 5.49. The van der Waals surface area contributed by atoms with E-state index in [-0.39, 0.29) is 5.91 Å². The van der Waals surface area contributed by atoms with Crippen molar-refractivity contribution in [3.05, 3.63) is 58.7 Å². The third kappa shape index (κ3) is 3.24. The Kier molecular flexibility index (Phi) is 4.32. The van der Waals surface area contributed by atoms with Crippen LogP contribution in [0.25, 0.3) is 0 Å². The number of anilines is 2. The summed E-state index contributed by atoms with van der Waals surface area (Å²) in [5, 5.41) is 3.08. The number of carbonyl (C=O) groups excluding carboxylic acids is 1. The van der Waals surface area contributed by atoms with Gasteiger partial charge in [-0.15, -0.1) is 0 Å². The molecule has 3 heteroatoms. The molecular weight excluding hydrogens is 260 g/mol. The van der Waals surface area contributed by atoms with Crippen LogP contribution in [-0.2, 0) is 0 Å². The van der Waals surface area contributed by atoms with Crippen molar-refractivity contribution in [1.29, 1.82) is 0 Å². The second kappa shape index (κ2) is 6.00. The molecule has 3 nitrogen and oxygen atoms in total. The number of rotatable bonds is 3. The van der Waals surface area contributed by atoms with Gasteiger partial charge in [-0.3, -0.25) is 4.79 Å². The van der Waals surface area contributed by atoms with Crippen molar-refractivity contribution in [3.63, 3.8) is 0 Å². The van der Waals surface area contributed by atoms with Crippen LogP contribution in [0.2, 0.25) is 0 Å². The van der Waals surface area contributed by atoms with Crippen LogP contribution < -0.4 is 10.2 Å². The zero-order chi connectivity index (χ0) is 15.6. The van der Waals surface area contributed by atoms with Crippen LogP contribution in [0.4, 0.5) is 11.4 Å². The third-order valence-corrected chi connectivity index (χ3v) is 3.64. The first-order valence-corrected chi connectivity index (χ1v) is 7.07. The molecule has 0 radical (unpaired) electrons. The molecule has 0 heterocycles. The molecule has 0 aromatic heterocycles. The van der Waals surface area contributed by atoms with Crippen LogP contribution in [0.3, 0.4) is 0 Å². The molecule has 1 amide bonds. The van der Waals surface area contributed by atoms with Crippen LogP contribution in [0, 0.1) is 20.8 Å². The Hall–Kier alpha value is -2.29. The van der Waals surface area contributed by atoms with Crippen LogP contribution in [0.15, 0.2) is 36.4 Å². The summed E-state index contributed by atoms with van der Waals surface area (Å²) in [4.78, 5) is 14.4. The fourth-order valence-electron chi connectivity index (χ4n) is 2.50. The first kappa shape index (κ1) is 15.1. The van der Waals surface area contributed by atoms with Crippen molar-refractivity contribution >= 4 is 17.3 Å². The molecule has 1 N–H and O–H groups in total. The lowest BCUT2D eigenvalue weighted by Crippen LogP contribution is -2.27. The highest BCUT2D eigenvalue weighted by atomic mass is 16.2. The normalized spacial score (nSPS) is 10.3. The van der Waals surface area contributed by atoms with Gasteiger partial charge in [-0.25, -0.2) is 0 Å². The molecule has 0 atom stereocenters. The summed E-state index contributed by atoms with van der Waals surface area (Å²) >= 11 is 0. The molecule has 2 rings (SSSR count). The topological polar surface area (TPSA) is 32.3 Å². The Morgan fingerprint density at radius 3 is 2.14 bits per heavy atom. The van der Waals surface area contributed by atoms with E-state index in [1.165, 1.54) is 0 Å². The summed E-state index contributed by atoms with van der Waals surface area (Å²) in [5.74, 6) is 0.0140. The van der Waals surface area contributed by atoms with Gasteiger partial charge in [-0.2, -0.15) is 0 Å². The lowest BCUT2D eigenvalue weighted by Gasteiger charge is -2.20. The molecule has 0 bridgehead atoms. The Labute approximate surface area is 126 Å². The van der Waals surface area contributed by atoms with Crippen molar-refractivity contribution in [2.45, 2.75) is 20.8 Å². The zero-order valence-electron chi connectivity index (χ0n) is 13.3. The maximum Gasteiger partial charge on any atom is 0.258 e. The average Bonchev–Trinajstić information content (AvgIpc) is 2.44. The minimum absolute atomic E-state index is 0.0140. The number of hydrogen-bond donors (Lipinski definition) is 1. The number of nitrogens with zero attached hydrogens (tertiary/aromatic N) is 1. The molecule has 0 saturated heterocycles. The van der Waals surface area contributed by atoms with Gasteiger partial charge >= 0.3 is 0 Å². The fourth-order valence-corrected chi connectivity index (χ4v) is 2.50. The fraction of sp³-hybridized carbons (Fsp3) is 0.278. The van der Waals surface area contributed by atoms with Crippen molar-refractivity contribution in [3.8, 4) is 0 Å². The molecule has 0 unspecified atom stereocenters. The third-order valence-electron chi connectivity index (χ3n) is 3.64. The molecule has 0 saturated carbocycles. The largest absolute Gasteiger partial charge is 0.388 e. The van der Waals surface area contributed by atoms with Crippen LogP contribution in [0.5, 0.6) is 0 Å². The van der Waals surface area contributed by atoms with Crippen molar-refractivity contribution in [2.75, 3.05) is 24.3 Å². The van der Waals surface area contributed by atoms with Crippen LogP contribution in [-0.4, -0.2) is 20.0 Å². The monoisotopic (exact) mass is 282 g/mol. The van der Waals surface area contributed by atoms with Gasteiger partial charge in [-0.1, -0.05) is 6.07 Å². The molecule has 110 valence electrons. The van der Waals surface area contributed by atoms with E-state index in [4.69, 9.17) is 0 Å². The number of hydrogen-bond acceptors (Lipinski definition) is 2. The van der Waals surface area contributed by atoms with Crippen molar-refractivity contribution < 1.29 is 4.79 Å². The minimum Gasteiger partial charge on any atom is -0.388 e. The van der Waals surface area contributed by atoms with Crippen molar-refractivity contribution in [2.24, 2.45) is 0 Å².